The first kappa shape index (κ1) is 13.4. The average Bonchev–Trinajstić information content (AvgIpc) is 2.47. The molecule has 20 heavy (non-hydrogen) atoms. The molecule has 3 rings (SSSR count). The highest BCUT2D eigenvalue weighted by atomic mass is 16.2. The van der Waals surface area contributed by atoms with Crippen LogP contribution in [0.5, 0.6) is 0 Å². The van der Waals surface area contributed by atoms with Crippen molar-refractivity contribution in [3.05, 3.63) is 24.4 Å². The molecule has 2 aliphatic rings. The minimum Gasteiger partial charge on any atom is -0.353 e. The maximum Gasteiger partial charge on any atom is 0.224 e. The summed E-state index contributed by atoms with van der Waals surface area (Å²) in [5.41, 5.74) is 5.95. The van der Waals surface area contributed by atoms with Crippen LogP contribution in [0.25, 0.3) is 0 Å². The summed E-state index contributed by atoms with van der Waals surface area (Å²) in [5, 5.41) is 0. The Balaban J connectivity index is 1.52. The number of pyridine rings is 1. The van der Waals surface area contributed by atoms with Crippen LogP contribution < -0.4 is 10.6 Å². The summed E-state index contributed by atoms with van der Waals surface area (Å²) >= 11 is 0. The highest BCUT2D eigenvalue weighted by Crippen LogP contribution is 2.32. The maximum absolute atomic E-state index is 12.3. The molecule has 1 aliphatic carbocycles. The number of carbonyl (C=O) groups is 1. The third-order valence-corrected chi connectivity index (χ3v) is 4.46. The smallest absolute Gasteiger partial charge is 0.224 e. The minimum atomic E-state index is -0.213. The summed E-state index contributed by atoms with van der Waals surface area (Å²) in [6.45, 7) is 3.23. The van der Waals surface area contributed by atoms with Crippen LogP contribution in [-0.2, 0) is 4.79 Å². The van der Waals surface area contributed by atoms with Gasteiger partial charge in [-0.2, -0.15) is 0 Å². The zero-order valence-corrected chi connectivity index (χ0v) is 11.8. The van der Waals surface area contributed by atoms with E-state index < -0.39 is 0 Å². The van der Waals surface area contributed by atoms with Crippen LogP contribution in [-0.4, -0.2) is 47.5 Å². The number of anilines is 1. The zero-order chi connectivity index (χ0) is 14.0. The monoisotopic (exact) mass is 274 g/mol. The van der Waals surface area contributed by atoms with E-state index in [1.165, 1.54) is 0 Å². The van der Waals surface area contributed by atoms with Crippen LogP contribution in [0, 0.1) is 0 Å². The molecular formula is C15H22N4O. The molecule has 2 heterocycles. The first-order valence-electron chi connectivity index (χ1n) is 7.39. The first-order valence-corrected chi connectivity index (χ1v) is 7.39. The number of rotatable bonds is 3. The van der Waals surface area contributed by atoms with Crippen LogP contribution in [0.2, 0.25) is 0 Å². The highest BCUT2D eigenvalue weighted by Gasteiger charge is 2.36. The molecule has 0 atom stereocenters. The van der Waals surface area contributed by atoms with Crippen molar-refractivity contribution in [2.24, 2.45) is 5.73 Å². The van der Waals surface area contributed by atoms with Crippen LogP contribution >= 0.6 is 0 Å². The molecule has 2 fully saturated rings. The molecule has 5 nitrogen and oxygen atoms in total. The van der Waals surface area contributed by atoms with Crippen LogP contribution in [0.15, 0.2) is 24.4 Å². The van der Waals surface area contributed by atoms with Crippen molar-refractivity contribution in [3.8, 4) is 0 Å². The molecule has 2 N–H and O–H groups in total. The van der Waals surface area contributed by atoms with Crippen LogP contribution in [0.3, 0.4) is 0 Å². The predicted molar refractivity (Wildman–Crippen MR) is 78.4 cm³/mol. The van der Waals surface area contributed by atoms with Crippen molar-refractivity contribution in [2.45, 2.75) is 31.2 Å². The molecule has 1 aromatic heterocycles. The number of hydrogen-bond acceptors (Lipinski definition) is 4. The fourth-order valence-electron chi connectivity index (χ4n) is 2.95. The summed E-state index contributed by atoms with van der Waals surface area (Å²) in [6, 6.07) is 5.93. The highest BCUT2D eigenvalue weighted by molar-refractivity contribution is 5.78. The molecule has 1 amide bonds. The maximum atomic E-state index is 12.3. The van der Waals surface area contributed by atoms with E-state index in [1.54, 1.807) is 0 Å². The molecule has 1 aliphatic heterocycles. The number of aromatic nitrogens is 1. The lowest BCUT2D eigenvalue weighted by atomic mass is 9.75. The summed E-state index contributed by atoms with van der Waals surface area (Å²) in [7, 11) is 0. The summed E-state index contributed by atoms with van der Waals surface area (Å²) in [6.07, 6.45) is 5.47. The minimum absolute atomic E-state index is 0.213. The van der Waals surface area contributed by atoms with Gasteiger partial charge in [0.2, 0.25) is 5.91 Å². The number of nitrogens with two attached hydrogens (primary N) is 1. The fourth-order valence-corrected chi connectivity index (χ4v) is 2.95. The topological polar surface area (TPSA) is 62.5 Å². The van der Waals surface area contributed by atoms with Gasteiger partial charge < -0.3 is 15.5 Å². The Morgan fingerprint density at radius 3 is 2.55 bits per heavy atom. The van der Waals surface area contributed by atoms with Crippen molar-refractivity contribution in [3.63, 3.8) is 0 Å². The van der Waals surface area contributed by atoms with Gasteiger partial charge in [0.25, 0.3) is 0 Å². The van der Waals surface area contributed by atoms with Crippen molar-refractivity contribution in [1.82, 2.24) is 9.88 Å². The second-order valence-electron chi connectivity index (χ2n) is 5.95. The Morgan fingerprint density at radius 1 is 1.25 bits per heavy atom. The quantitative estimate of drug-likeness (QED) is 0.893. The normalized spacial score (nSPS) is 21.4. The Labute approximate surface area is 119 Å². The van der Waals surface area contributed by atoms with E-state index in [1.807, 2.05) is 29.3 Å². The molecule has 0 radical (unpaired) electrons. The molecule has 0 spiro atoms. The van der Waals surface area contributed by atoms with Gasteiger partial charge in [-0.3, -0.25) is 4.79 Å². The molecule has 108 valence electrons. The Morgan fingerprint density at radius 2 is 2.00 bits per heavy atom. The summed E-state index contributed by atoms with van der Waals surface area (Å²) in [5.74, 6) is 1.21. The molecule has 1 saturated heterocycles. The van der Waals surface area contributed by atoms with E-state index in [-0.39, 0.29) is 11.4 Å². The van der Waals surface area contributed by atoms with Crippen molar-refractivity contribution >= 4 is 11.7 Å². The third-order valence-electron chi connectivity index (χ3n) is 4.46. The van der Waals surface area contributed by atoms with Gasteiger partial charge in [-0.15, -0.1) is 0 Å². The van der Waals surface area contributed by atoms with E-state index in [0.29, 0.717) is 6.42 Å². The van der Waals surface area contributed by atoms with Crippen LogP contribution in [0.4, 0.5) is 5.82 Å². The van der Waals surface area contributed by atoms with Gasteiger partial charge in [0.1, 0.15) is 5.82 Å². The lowest BCUT2D eigenvalue weighted by Gasteiger charge is -2.41. The molecule has 0 aromatic carbocycles. The van der Waals surface area contributed by atoms with E-state index in [4.69, 9.17) is 5.73 Å². The van der Waals surface area contributed by atoms with Gasteiger partial charge >= 0.3 is 0 Å². The first-order chi connectivity index (χ1) is 9.66. The van der Waals surface area contributed by atoms with Gasteiger partial charge in [0, 0.05) is 44.3 Å². The third kappa shape index (κ3) is 2.77. The molecule has 0 unspecified atom stereocenters. The van der Waals surface area contributed by atoms with E-state index >= 15 is 0 Å². The molecule has 0 bridgehead atoms. The standard InChI is InChI=1S/C15H22N4O/c16-15(5-3-6-15)12-14(20)19-10-8-18(9-11-19)13-4-1-2-7-17-13/h1-2,4,7H,3,5-6,8-12,16H2. The molecule has 5 heteroatoms. The van der Waals surface area contributed by atoms with E-state index in [9.17, 15) is 4.79 Å². The summed E-state index contributed by atoms with van der Waals surface area (Å²) in [4.78, 5) is 20.8. The van der Waals surface area contributed by atoms with Gasteiger partial charge in [-0.1, -0.05) is 6.07 Å². The number of amides is 1. The SMILES string of the molecule is NC1(CC(=O)N2CCN(c3ccccn3)CC2)CCC1. The number of nitrogens with zero attached hydrogens (tertiary/aromatic N) is 3. The molecule has 1 saturated carbocycles. The van der Waals surface area contributed by atoms with E-state index in [0.717, 1.165) is 51.3 Å². The second-order valence-corrected chi connectivity index (χ2v) is 5.95. The summed E-state index contributed by atoms with van der Waals surface area (Å²) < 4.78 is 0. The predicted octanol–water partition coefficient (Wildman–Crippen LogP) is 1.00. The lowest BCUT2D eigenvalue weighted by Crippen LogP contribution is -2.54. The van der Waals surface area contributed by atoms with Gasteiger partial charge in [-0.05, 0) is 31.4 Å². The molecule has 1 aromatic rings. The number of hydrogen-bond donors (Lipinski definition) is 1. The lowest BCUT2D eigenvalue weighted by molar-refractivity contribution is -0.133. The number of carbonyl (C=O) groups excluding carboxylic acids is 1. The van der Waals surface area contributed by atoms with Crippen molar-refractivity contribution in [1.29, 1.82) is 0 Å². The molecular weight excluding hydrogens is 252 g/mol. The van der Waals surface area contributed by atoms with Crippen LogP contribution in [0.1, 0.15) is 25.7 Å². The Bertz CT molecular complexity index is 464. The largest absolute Gasteiger partial charge is 0.353 e. The van der Waals surface area contributed by atoms with Gasteiger partial charge in [-0.25, -0.2) is 4.98 Å². The van der Waals surface area contributed by atoms with Gasteiger partial charge in [0.15, 0.2) is 0 Å². The fraction of sp³-hybridized carbons (Fsp3) is 0.600. The Kier molecular flexibility index (Phi) is 3.61. The van der Waals surface area contributed by atoms with E-state index in [2.05, 4.69) is 9.88 Å². The van der Waals surface area contributed by atoms with Crippen molar-refractivity contribution < 1.29 is 4.79 Å². The zero-order valence-electron chi connectivity index (χ0n) is 11.8. The number of piperazine rings is 1. The second kappa shape index (κ2) is 5.40. The van der Waals surface area contributed by atoms with Gasteiger partial charge in [0.05, 0.1) is 0 Å². The average molecular weight is 274 g/mol. The Hall–Kier alpha value is -1.62. The van der Waals surface area contributed by atoms with Crippen molar-refractivity contribution in [2.75, 3.05) is 31.1 Å².